The summed E-state index contributed by atoms with van der Waals surface area (Å²) in [4.78, 5) is 0. The highest BCUT2D eigenvalue weighted by atomic mass is 15.0. The smallest absolute Gasteiger partial charge is 0.0541 e. The van der Waals surface area contributed by atoms with Crippen LogP contribution in [0, 0.1) is 0 Å². The molecule has 0 N–H and O–H groups in total. The van der Waals surface area contributed by atoms with E-state index >= 15 is 0 Å². The van der Waals surface area contributed by atoms with E-state index in [4.69, 9.17) is 0 Å². The van der Waals surface area contributed by atoms with Crippen LogP contribution in [0.1, 0.15) is 17.7 Å². The molecule has 10 aromatic carbocycles. The fraction of sp³-hybridized carbons (Fsp3) is 0.0303. The van der Waals surface area contributed by atoms with Gasteiger partial charge >= 0.3 is 0 Å². The van der Waals surface area contributed by atoms with E-state index in [1.54, 1.807) is 0 Å². The first-order valence-corrected chi connectivity index (χ1v) is 24.4. The molecule has 0 fully saturated rings. The van der Waals surface area contributed by atoms with Crippen molar-refractivity contribution >= 4 is 82.4 Å². The van der Waals surface area contributed by atoms with Crippen molar-refractivity contribution in [2.24, 2.45) is 0 Å². The summed E-state index contributed by atoms with van der Waals surface area (Å²) in [6.45, 7) is 0. The lowest BCUT2D eigenvalue weighted by molar-refractivity contribution is 0.888. The summed E-state index contributed by atoms with van der Waals surface area (Å²) in [5.74, 6) is 0. The third kappa shape index (κ3) is 5.77. The van der Waals surface area contributed by atoms with Gasteiger partial charge in [-0.15, -0.1) is 0 Å². The minimum absolute atomic E-state index is 0.997. The number of benzene rings is 10. The van der Waals surface area contributed by atoms with Gasteiger partial charge in [-0.2, -0.15) is 0 Å². The van der Waals surface area contributed by atoms with Gasteiger partial charge in [-0.25, -0.2) is 0 Å². The molecule has 0 unspecified atom stereocenters. The molecule has 0 saturated heterocycles. The van der Waals surface area contributed by atoms with Crippen molar-refractivity contribution < 1.29 is 0 Å². The Hall–Kier alpha value is -9.12. The Labute approximate surface area is 404 Å². The number of aromatic nitrogens is 4. The Bertz CT molecular complexity index is 4380. The van der Waals surface area contributed by atoms with E-state index in [1.807, 2.05) is 0 Å². The fourth-order valence-corrected chi connectivity index (χ4v) is 11.9. The molecule has 0 aliphatic heterocycles. The molecule has 0 spiro atoms. The van der Waals surface area contributed by atoms with Gasteiger partial charge < -0.3 is 18.3 Å². The van der Waals surface area contributed by atoms with Gasteiger partial charge in [-0.3, -0.25) is 0 Å². The molecule has 1 aliphatic rings. The second-order valence-corrected chi connectivity index (χ2v) is 18.8. The number of hydrogen-bond donors (Lipinski definition) is 0. The predicted molar refractivity (Wildman–Crippen MR) is 295 cm³/mol. The molecular weight excluding hydrogens is 849 g/mol. The van der Waals surface area contributed by atoms with Gasteiger partial charge in [0.05, 0.1) is 38.6 Å². The van der Waals surface area contributed by atoms with Crippen LogP contribution in [0.5, 0.6) is 0 Å². The molecule has 0 atom stereocenters. The van der Waals surface area contributed by atoms with E-state index in [1.165, 1.54) is 116 Å². The summed E-state index contributed by atoms with van der Waals surface area (Å²) in [5.41, 5.74) is 20.6. The summed E-state index contributed by atoms with van der Waals surface area (Å²) in [6, 6.07) is 85.1. The standard InChI is InChI=1S/C66H44N4/c1-7-28-59-51(22-1)52-23-2-8-29-60(52)67(59)47-18-14-20-49(41-47)69-63-32-11-5-26-55(63)57-39-45(34-36-65(57)69)43-16-13-17-44(38-43)46-35-37-66-58(40-46)56-27-6-12-33-64(56)70(66)50-21-15-19-48(42-50)68-61-30-9-3-24-53(61)54-25-4-10-31-62(54)68/h1-11,13-32,34-42H,12,33H2. The third-order valence-corrected chi connectivity index (χ3v) is 15.0. The average molecular weight is 893 g/mol. The summed E-state index contributed by atoms with van der Waals surface area (Å²) >= 11 is 0. The third-order valence-electron chi connectivity index (χ3n) is 15.0. The average Bonchev–Trinajstić information content (AvgIpc) is 4.16. The Morgan fingerprint density at radius 2 is 0.614 bits per heavy atom. The minimum atomic E-state index is 0.997. The molecule has 0 bridgehead atoms. The fourth-order valence-electron chi connectivity index (χ4n) is 11.9. The Morgan fingerprint density at radius 3 is 1.09 bits per heavy atom. The van der Waals surface area contributed by atoms with Crippen molar-refractivity contribution in [3.05, 3.63) is 248 Å². The number of nitrogens with zero attached hydrogens (tertiary/aromatic N) is 4. The Morgan fingerprint density at radius 1 is 0.257 bits per heavy atom. The molecule has 70 heavy (non-hydrogen) atoms. The summed E-state index contributed by atoms with van der Waals surface area (Å²) in [6.07, 6.45) is 6.71. The zero-order chi connectivity index (χ0) is 45.9. The van der Waals surface area contributed by atoms with Gasteiger partial charge in [0.2, 0.25) is 0 Å². The monoisotopic (exact) mass is 892 g/mol. The molecule has 15 rings (SSSR count). The van der Waals surface area contributed by atoms with Gasteiger partial charge in [0.15, 0.2) is 0 Å². The maximum Gasteiger partial charge on any atom is 0.0541 e. The molecule has 4 nitrogen and oxygen atoms in total. The summed E-state index contributed by atoms with van der Waals surface area (Å²) in [5, 5.41) is 8.85. The van der Waals surface area contributed by atoms with Crippen LogP contribution in [0.15, 0.2) is 237 Å². The topological polar surface area (TPSA) is 19.7 Å². The van der Waals surface area contributed by atoms with Crippen molar-refractivity contribution in [1.82, 2.24) is 18.3 Å². The van der Waals surface area contributed by atoms with Crippen LogP contribution in [0.4, 0.5) is 0 Å². The van der Waals surface area contributed by atoms with Crippen LogP contribution in [0.3, 0.4) is 0 Å². The highest BCUT2D eigenvalue weighted by molar-refractivity contribution is 6.12. The van der Waals surface area contributed by atoms with Crippen molar-refractivity contribution in [2.75, 3.05) is 0 Å². The highest BCUT2D eigenvalue weighted by Gasteiger charge is 2.22. The van der Waals surface area contributed by atoms with Crippen molar-refractivity contribution in [3.63, 3.8) is 0 Å². The Balaban J connectivity index is 0.816. The van der Waals surface area contributed by atoms with Gasteiger partial charge in [0.1, 0.15) is 0 Å². The first-order chi connectivity index (χ1) is 34.7. The van der Waals surface area contributed by atoms with E-state index < -0.39 is 0 Å². The minimum Gasteiger partial charge on any atom is -0.313 e. The molecule has 14 aromatic rings. The zero-order valence-electron chi connectivity index (χ0n) is 38.3. The normalized spacial score (nSPS) is 12.7. The van der Waals surface area contributed by atoms with Gasteiger partial charge in [0, 0.05) is 71.7 Å². The molecule has 4 heteroatoms. The maximum atomic E-state index is 2.51. The SMILES string of the molecule is C1=Cc2c(n(-c3cccc(-n4c5ccccc5c5ccccc54)c3)c3ccc(-c4cccc(-c5ccc6c(c5)c5ccccc5n6-c5cccc(-n6c7ccccc7c7ccccc76)c5)c4)cc23)CC1. The van der Waals surface area contributed by atoms with Crippen LogP contribution >= 0.6 is 0 Å². The van der Waals surface area contributed by atoms with Crippen molar-refractivity contribution in [3.8, 4) is 45.0 Å². The van der Waals surface area contributed by atoms with E-state index in [0.29, 0.717) is 0 Å². The van der Waals surface area contributed by atoms with Crippen LogP contribution in [-0.4, -0.2) is 18.3 Å². The van der Waals surface area contributed by atoms with Crippen LogP contribution in [-0.2, 0) is 6.42 Å². The number of allylic oxidation sites excluding steroid dienone is 1. The molecule has 0 saturated carbocycles. The highest BCUT2D eigenvalue weighted by Crippen LogP contribution is 2.41. The quantitative estimate of drug-likeness (QED) is 0.158. The molecule has 328 valence electrons. The van der Waals surface area contributed by atoms with Gasteiger partial charge in [0.25, 0.3) is 0 Å². The zero-order valence-corrected chi connectivity index (χ0v) is 38.3. The van der Waals surface area contributed by atoms with E-state index in [0.717, 1.165) is 29.9 Å². The van der Waals surface area contributed by atoms with E-state index in [9.17, 15) is 0 Å². The predicted octanol–water partition coefficient (Wildman–Crippen LogP) is 17.2. The van der Waals surface area contributed by atoms with Gasteiger partial charge in [-0.05, 0) is 132 Å². The first kappa shape index (κ1) is 38.9. The number of rotatable bonds is 6. The summed E-state index contributed by atoms with van der Waals surface area (Å²) in [7, 11) is 0. The molecule has 4 aromatic heterocycles. The van der Waals surface area contributed by atoms with Crippen molar-refractivity contribution in [2.45, 2.75) is 12.8 Å². The van der Waals surface area contributed by atoms with Crippen LogP contribution in [0.2, 0.25) is 0 Å². The first-order valence-electron chi connectivity index (χ1n) is 24.4. The number of hydrogen-bond acceptors (Lipinski definition) is 0. The summed E-state index contributed by atoms with van der Waals surface area (Å²) < 4.78 is 9.76. The molecular formula is C66H44N4. The second-order valence-electron chi connectivity index (χ2n) is 18.8. The van der Waals surface area contributed by atoms with Gasteiger partial charge in [-0.1, -0.05) is 146 Å². The number of para-hydroxylation sites is 5. The maximum absolute atomic E-state index is 2.51. The Kier molecular flexibility index (Phi) is 8.45. The molecule has 1 aliphatic carbocycles. The lowest BCUT2D eigenvalue weighted by Crippen LogP contribution is -2.04. The molecule has 4 heterocycles. The van der Waals surface area contributed by atoms with Crippen LogP contribution < -0.4 is 0 Å². The molecule has 0 amide bonds. The molecule has 0 radical (unpaired) electrons. The largest absolute Gasteiger partial charge is 0.313 e. The lowest BCUT2D eigenvalue weighted by atomic mass is 9.96. The van der Waals surface area contributed by atoms with Crippen LogP contribution in [0.25, 0.3) is 127 Å². The van der Waals surface area contributed by atoms with E-state index in [2.05, 4.69) is 261 Å². The van der Waals surface area contributed by atoms with Crippen molar-refractivity contribution in [1.29, 1.82) is 0 Å². The van der Waals surface area contributed by atoms with E-state index in [-0.39, 0.29) is 0 Å². The lowest BCUT2D eigenvalue weighted by Gasteiger charge is -2.15. The number of fused-ring (bicyclic) bond motifs is 12. The second kappa shape index (κ2) is 15.2.